The number of rotatable bonds is 9. The van der Waals surface area contributed by atoms with E-state index in [1.165, 1.54) is 46.4 Å². The number of halogens is 1. The monoisotopic (exact) mass is 766 g/mol. The lowest BCUT2D eigenvalue weighted by Crippen LogP contribution is -2.47. The topological polar surface area (TPSA) is 121 Å². The molecule has 0 unspecified atom stereocenters. The van der Waals surface area contributed by atoms with Crippen LogP contribution in [0.15, 0.2) is 101 Å². The molecule has 0 saturated carbocycles. The number of amides is 1. The summed E-state index contributed by atoms with van der Waals surface area (Å²) in [4.78, 5) is 30.4. The molecule has 10 nitrogen and oxygen atoms in total. The van der Waals surface area contributed by atoms with Gasteiger partial charge >= 0.3 is 0 Å². The van der Waals surface area contributed by atoms with Gasteiger partial charge in [0.05, 0.1) is 11.8 Å². The summed E-state index contributed by atoms with van der Waals surface area (Å²) in [7, 11) is -4.36. The molecule has 0 bridgehead atoms. The fourth-order valence-electron chi connectivity index (χ4n) is 7.30. The Morgan fingerprint density at radius 3 is 2.64 bits per heavy atom. The van der Waals surface area contributed by atoms with Crippen LogP contribution >= 0.6 is 22.9 Å². The van der Waals surface area contributed by atoms with E-state index < -0.39 is 15.9 Å². The second-order valence-corrected chi connectivity index (χ2v) is 17.4. The number of piperazine rings is 1. The van der Waals surface area contributed by atoms with E-state index in [0.717, 1.165) is 68.1 Å². The number of H-pyrrole nitrogens is 1. The first kappa shape index (κ1) is 35.3. The Kier molecular flexibility index (Phi) is 9.48. The highest BCUT2D eigenvalue weighted by Gasteiger charge is 2.30. The standard InChI is InChI=1S/C40H39ClN6O4S2/c1-40(2)13-9-28(34(23-40)26-3-5-29(41)6-4-26)25-46-16-18-47(19-17-46)30-7-8-36(35(22-30)51-31-21-27-10-14-42-37(27)44-24-31)53(49,50)45-38(48)32-11-15-43-39-33(32)12-20-52-39/h3-8,10-12,14-15,20-22,24H,9,13,16-19,23,25H2,1-2H3,(H,42,44)(H,45,48). The molecule has 5 heterocycles. The maximum Gasteiger partial charge on any atom is 0.268 e. The van der Waals surface area contributed by atoms with Crippen LogP contribution in [0.3, 0.4) is 0 Å². The molecule has 272 valence electrons. The molecule has 0 spiro atoms. The zero-order valence-electron chi connectivity index (χ0n) is 29.4. The quantitative estimate of drug-likeness (QED) is 0.150. The number of benzene rings is 2. The van der Waals surface area contributed by atoms with E-state index in [1.54, 1.807) is 36.7 Å². The van der Waals surface area contributed by atoms with Gasteiger partial charge in [0, 0.05) is 72.7 Å². The third kappa shape index (κ3) is 7.54. The lowest BCUT2D eigenvalue weighted by molar-refractivity contribution is 0.0983. The van der Waals surface area contributed by atoms with Gasteiger partial charge in [-0.2, -0.15) is 0 Å². The van der Waals surface area contributed by atoms with Crippen LogP contribution in [0.4, 0.5) is 5.69 Å². The Morgan fingerprint density at radius 1 is 1.02 bits per heavy atom. The first-order valence-corrected chi connectivity index (χ1v) is 20.3. The molecular formula is C40H39ClN6O4S2. The molecule has 0 radical (unpaired) electrons. The van der Waals surface area contributed by atoms with E-state index in [4.69, 9.17) is 16.3 Å². The summed E-state index contributed by atoms with van der Waals surface area (Å²) in [5.74, 6) is -0.274. The van der Waals surface area contributed by atoms with Crippen molar-refractivity contribution < 1.29 is 17.9 Å². The first-order valence-electron chi connectivity index (χ1n) is 17.6. The second kappa shape index (κ2) is 14.2. The van der Waals surface area contributed by atoms with E-state index in [9.17, 15) is 13.2 Å². The summed E-state index contributed by atoms with van der Waals surface area (Å²) >= 11 is 7.61. The van der Waals surface area contributed by atoms with Gasteiger partial charge in [-0.05, 0) is 89.7 Å². The molecule has 0 atom stereocenters. The van der Waals surface area contributed by atoms with E-state index in [0.29, 0.717) is 21.6 Å². The SMILES string of the molecule is CC1(C)CCC(CN2CCN(c3ccc(S(=O)(=O)NC(=O)c4ccnc5sccc45)c(Oc4cnc5[nH]ccc5c4)c3)CC2)=C(c2ccc(Cl)cc2)C1. The van der Waals surface area contributed by atoms with Gasteiger partial charge in [0.2, 0.25) is 0 Å². The first-order chi connectivity index (χ1) is 25.5. The van der Waals surface area contributed by atoms with Crippen LogP contribution in [0.5, 0.6) is 11.5 Å². The van der Waals surface area contributed by atoms with Crippen molar-refractivity contribution in [1.82, 2.24) is 24.6 Å². The van der Waals surface area contributed by atoms with Gasteiger partial charge in [-0.25, -0.2) is 23.1 Å². The number of carbonyl (C=O) groups is 1. The molecule has 1 aliphatic heterocycles. The predicted octanol–water partition coefficient (Wildman–Crippen LogP) is 8.52. The van der Waals surface area contributed by atoms with E-state index in [-0.39, 0.29) is 21.6 Å². The van der Waals surface area contributed by atoms with Crippen molar-refractivity contribution >= 4 is 71.4 Å². The number of carbonyl (C=O) groups excluding carboxylic acids is 1. The Labute approximate surface area is 317 Å². The average molecular weight is 767 g/mol. The van der Waals surface area contributed by atoms with E-state index >= 15 is 0 Å². The van der Waals surface area contributed by atoms with E-state index in [1.807, 2.05) is 23.6 Å². The molecular weight excluding hydrogens is 728 g/mol. The highest BCUT2D eigenvalue weighted by molar-refractivity contribution is 7.90. The van der Waals surface area contributed by atoms with E-state index in [2.05, 4.69) is 55.5 Å². The minimum atomic E-state index is -4.36. The van der Waals surface area contributed by atoms with Crippen molar-refractivity contribution in [3.63, 3.8) is 0 Å². The van der Waals surface area contributed by atoms with Crippen LogP contribution in [0.25, 0.3) is 26.8 Å². The molecule has 1 aliphatic carbocycles. The van der Waals surface area contributed by atoms with Crippen LogP contribution in [-0.4, -0.2) is 66.9 Å². The molecule has 13 heteroatoms. The van der Waals surface area contributed by atoms with Gasteiger partial charge in [-0.15, -0.1) is 11.3 Å². The third-order valence-corrected chi connectivity index (χ3v) is 12.6. The molecule has 1 fully saturated rings. The molecule has 53 heavy (non-hydrogen) atoms. The van der Waals surface area contributed by atoms with Gasteiger partial charge in [-0.1, -0.05) is 43.2 Å². The number of hydrogen-bond acceptors (Lipinski definition) is 9. The van der Waals surface area contributed by atoms with Gasteiger partial charge in [0.15, 0.2) is 0 Å². The number of fused-ring (bicyclic) bond motifs is 2. The van der Waals surface area contributed by atoms with Crippen molar-refractivity contribution in [3.8, 4) is 11.5 Å². The number of pyridine rings is 2. The summed E-state index contributed by atoms with van der Waals surface area (Å²) in [6.07, 6.45) is 8.09. The molecule has 6 aromatic rings. The normalized spacial score (nSPS) is 16.7. The number of nitrogens with zero attached hydrogens (tertiary/aromatic N) is 4. The second-order valence-electron chi connectivity index (χ2n) is 14.4. The molecule has 8 rings (SSSR count). The minimum absolute atomic E-state index is 0.0971. The molecule has 4 aromatic heterocycles. The number of allylic oxidation sites excluding steroid dienone is 1. The highest BCUT2D eigenvalue weighted by Crippen LogP contribution is 2.43. The van der Waals surface area contributed by atoms with Crippen LogP contribution in [0.2, 0.25) is 5.02 Å². The van der Waals surface area contributed by atoms with Gasteiger partial charge in [0.1, 0.15) is 26.9 Å². The molecule has 1 saturated heterocycles. The Hall–Kier alpha value is -4.75. The van der Waals surface area contributed by atoms with Gasteiger partial charge < -0.3 is 14.6 Å². The third-order valence-electron chi connectivity index (χ3n) is 10.2. The number of anilines is 1. The number of nitrogens with one attached hydrogen (secondary N) is 2. The Morgan fingerprint density at radius 2 is 1.83 bits per heavy atom. The van der Waals surface area contributed by atoms with Gasteiger partial charge in [-0.3, -0.25) is 9.69 Å². The van der Waals surface area contributed by atoms with Crippen molar-refractivity contribution in [2.24, 2.45) is 5.41 Å². The smallest absolute Gasteiger partial charge is 0.268 e. The summed E-state index contributed by atoms with van der Waals surface area (Å²) in [6, 6.07) is 20.2. The Balaban J connectivity index is 1.04. The predicted molar refractivity (Wildman–Crippen MR) is 212 cm³/mol. The minimum Gasteiger partial charge on any atom is -0.454 e. The number of thiophene rings is 1. The van der Waals surface area contributed by atoms with Crippen molar-refractivity contribution in [2.75, 3.05) is 37.6 Å². The van der Waals surface area contributed by atoms with Crippen molar-refractivity contribution in [2.45, 2.75) is 38.0 Å². The van der Waals surface area contributed by atoms with Crippen LogP contribution in [0.1, 0.15) is 49.0 Å². The largest absolute Gasteiger partial charge is 0.454 e. The summed E-state index contributed by atoms with van der Waals surface area (Å²) < 4.78 is 36.4. The number of aromatic amines is 1. The summed E-state index contributed by atoms with van der Waals surface area (Å²) in [5, 5.41) is 3.97. The summed E-state index contributed by atoms with van der Waals surface area (Å²) in [5.41, 5.74) is 6.17. The molecule has 2 N–H and O–H groups in total. The number of sulfonamides is 1. The lowest BCUT2D eigenvalue weighted by atomic mass is 9.72. The number of hydrogen-bond donors (Lipinski definition) is 2. The Bertz CT molecular complexity index is 2470. The number of ether oxygens (including phenoxy) is 1. The molecule has 2 aliphatic rings. The summed E-state index contributed by atoms with van der Waals surface area (Å²) in [6.45, 7) is 8.82. The highest BCUT2D eigenvalue weighted by atomic mass is 35.5. The van der Waals surface area contributed by atoms with Crippen LogP contribution in [0, 0.1) is 5.41 Å². The fraction of sp³-hybridized carbons (Fsp3) is 0.275. The lowest BCUT2D eigenvalue weighted by Gasteiger charge is -2.39. The maximum atomic E-state index is 13.9. The van der Waals surface area contributed by atoms with Crippen LogP contribution < -0.4 is 14.4 Å². The van der Waals surface area contributed by atoms with Crippen molar-refractivity contribution in [3.05, 3.63) is 112 Å². The molecule has 2 aromatic carbocycles. The maximum absolute atomic E-state index is 13.9. The van der Waals surface area contributed by atoms with Crippen molar-refractivity contribution in [1.29, 1.82) is 0 Å². The zero-order chi connectivity index (χ0) is 36.7. The average Bonchev–Trinajstić information content (AvgIpc) is 3.82. The number of aromatic nitrogens is 3. The fourth-order valence-corrected chi connectivity index (χ4v) is 9.26. The zero-order valence-corrected chi connectivity index (χ0v) is 31.8. The van der Waals surface area contributed by atoms with Crippen LogP contribution in [-0.2, 0) is 10.0 Å². The van der Waals surface area contributed by atoms with Gasteiger partial charge in [0.25, 0.3) is 15.9 Å². The molecule has 1 amide bonds.